The Labute approximate surface area is 286 Å². The van der Waals surface area contributed by atoms with Crippen molar-refractivity contribution in [3.8, 4) is 0 Å². The molecular formula is C36H70N4O7. The van der Waals surface area contributed by atoms with Crippen LogP contribution in [0.4, 0.5) is 0 Å². The van der Waals surface area contributed by atoms with Crippen LogP contribution in [0.5, 0.6) is 0 Å². The molecule has 4 N–H and O–H groups in total. The average Bonchev–Trinajstić information content (AvgIpc) is 2.96. The smallest absolute Gasteiger partial charge is 0.242 e. The van der Waals surface area contributed by atoms with E-state index in [1.165, 1.54) is 0 Å². The van der Waals surface area contributed by atoms with Crippen molar-refractivity contribution in [2.45, 2.75) is 127 Å². The van der Waals surface area contributed by atoms with Gasteiger partial charge in [-0.15, -0.1) is 0 Å². The van der Waals surface area contributed by atoms with E-state index in [0.29, 0.717) is 65.5 Å². The SMILES string of the molecule is CCCCCC(=O)N[C@H](CCC(=O)NCC(C)(C)COCC(C)(C)COC)C(=O)NCC(C)(C)COCC(C)(C)CNC(=O)CCC. The van der Waals surface area contributed by atoms with E-state index in [2.05, 4.69) is 42.0 Å². The molecule has 0 fully saturated rings. The van der Waals surface area contributed by atoms with Crippen LogP contribution in [0.25, 0.3) is 0 Å². The molecule has 0 spiro atoms. The van der Waals surface area contributed by atoms with Gasteiger partial charge in [-0.05, 0) is 19.3 Å². The standard InChI is InChI=1S/C36H70N4O7/c1-12-14-15-17-31(43)40-28(18-19-30(42)38-21-34(5,6)25-47-27-36(9,10)23-45-11)32(44)39-22-35(7,8)26-46-24-33(3,4)20-37-29(41)16-13-2/h28H,12-27H2,1-11H3,(H,37,41)(H,38,42)(H,39,44)(H,40,43)/t28-/m1/s1. The zero-order valence-electron chi connectivity index (χ0n) is 31.7. The van der Waals surface area contributed by atoms with Crippen LogP contribution in [0.15, 0.2) is 0 Å². The molecule has 0 radical (unpaired) electrons. The van der Waals surface area contributed by atoms with Gasteiger partial charge >= 0.3 is 0 Å². The third kappa shape index (κ3) is 23.7. The molecule has 0 aliphatic rings. The highest BCUT2D eigenvalue weighted by Crippen LogP contribution is 2.21. The molecule has 4 amide bonds. The molecule has 0 aromatic heterocycles. The van der Waals surface area contributed by atoms with Gasteiger partial charge in [0, 0.05) is 67.7 Å². The molecule has 0 aliphatic heterocycles. The summed E-state index contributed by atoms with van der Waals surface area (Å²) in [4.78, 5) is 50.6. The van der Waals surface area contributed by atoms with Crippen molar-refractivity contribution in [2.24, 2.45) is 21.7 Å². The van der Waals surface area contributed by atoms with Gasteiger partial charge in [0.1, 0.15) is 6.04 Å². The van der Waals surface area contributed by atoms with Crippen molar-refractivity contribution in [3.63, 3.8) is 0 Å². The molecule has 0 unspecified atom stereocenters. The van der Waals surface area contributed by atoms with E-state index in [4.69, 9.17) is 14.2 Å². The van der Waals surface area contributed by atoms with E-state index < -0.39 is 6.04 Å². The Bertz CT molecular complexity index is 934. The molecule has 47 heavy (non-hydrogen) atoms. The van der Waals surface area contributed by atoms with Crippen LogP contribution in [-0.2, 0) is 33.4 Å². The maximum Gasteiger partial charge on any atom is 0.242 e. The number of hydrogen-bond acceptors (Lipinski definition) is 7. The first-order chi connectivity index (χ1) is 21.8. The third-order valence-corrected chi connectivity index (χ3v) is 7.57. The lowest BCUT2D eigenvalue weighted by Crippen LogP contribution is -2.49. The first-order valence-electron chi connectivity index (χ1n) is 17.5. The molecule has 0 rings (SSSR count). The van der Waals surface area contributed by atoms with Gasteiger partial charge in [-0.3, -0.25) is 19.2 Å². The van der Waals surface area contributed by atoms with Gasteiger partial charge in [0.2, 0.25) is 23.6 Å². The summed E-state index contributed by atoms with van der Waals surface area (Å²) in [6.07, 6.45) is 4.63. The summed E-state index contributed by atoms with van der Waals surface area (Å²) in [5, 5.41) is 11.8. The van der Waals surface area contributed by atoms with Crippen molar-refractivity contribution in [1.29, 1.82) is 0 Å². The topological polar surface area (TPSA) is 144 Å². The van der Waals surface area contributed by atoms with Gasteiger partial charge in [0.05, 0.1) is 33.0 Å². The van der Waals surface area contributed by atoms with E-state index in [1.54, 1.807) is 7.11 Å². The van der Waals surface area contributed by atoms with Crippen LogP contribution in [-0.4, -0.2) is 89.4 Å². The molecule has 0 saturated carbocycles. The summed E-state index contributed by atoms with van der Waals surface area (Å²) >= 11 is 0. The Morgan fingerprint density at radius 1 is 0.553 bits per heavy atom. The number of ether oxygens (including phenoxy) is 3. The largest absolute Gasteiger partial charge is 0.384 e. The molecular weight excluding hydrogens is 600 g/mol. The van der Waals surface area contributed by atoms with E-state index in [9.17, 15) is 19.2 Å². The highest BCUT2D eigenvalue weighted by atomic mass is 16.5. The van der Waals surface area contributed by atoms with E-state index >= 15 is 0 Å². The van der Waals surface area contributed by atoms with Crippen LogP contribution in [0.2, 0.25) is 0 Å². The summed E-state index contributed by atoms with van der Waals surface area (Å²) in [5.74, 6) is -0.649. The number of amides is 4. The molecule has 1 atom stereocenters. The van der Waals surface area contributed by atoms with Gasteiger partial charge in [-0.25, -0.2) is 0 Å². The number of nitrogens with one attached hydrogen (secondary N) is 4. The summed E-state index contributed by atoms with van der Waals surface area (Å²) < 4.78 is 17.2. The maximum atomic E-state index is 13.3. The Morgan fingerprint density at radius 3 is 1.49 bits per heavy atom. The minimum Gasteiger partial charge on any atom is -0.384 e. The minimum absolute atomic E-state index is 0.0418. The second-order valence-corrected chi connectivity index (χ2v) is 16.2. The van der Waals surface area contributed by atoms with Crippen LogP contribution < -0.4 is 21.3 Å². The number of methoxy groups -OCH3 is 1. The molecule has 0 heterocycles. The monoisotopic (exact) mass is 671 g/mol. The predicted molar refractivity (Wildman–Crippen MR) is 188 cm³/mol. The first kappa shape index (κ1) is 44.8. The lowest BCUT2D eigenvalue weighted by Gasteiger charge is -2.30. The minimum atomic E-state index is -0.823. The van der Waals surface area contributed by atoms with Gasteiger partial charge < -0.3 is 35.5 Å². The first-order valence-corrected chi connectivity index (χ1v) is 17.5. The molecule has 0 aromatic rings. The lowest BCUT2D eigenvalue weighted by atomic mass is 9.92. The Hall–Kier alpha value is -2.24. The molecule has 0 aliphatic carbocycles. The zero-order chi connectivity index (χ0) is 36.2. The van der Waals surface area contributed by atoms with Crippen LogP contribution >= 0.6 is 0 Å². The van der Waals surface area contributed by atoms with Crippen LogP contribution in [0.1, 0.15) is 121 Å². The molecule has 0 aromatic carbocycles. The average molecular weight is 671 g/mol. The normalized spacial score (nSPS) is 13.2. The van der Waals surface area contributed by atoms with Crippen molar-refractivity contribution < 1.29 is 33.4 Å². The van der Waals surface area contributed by atoms with Gasteiger partial charge in [-0.2, -0.15) is 0 Å². The maximum absolute atomic E-state index is 13.3. The lowest BCUT2D eigenvalue weighted by molar-refractivity contribution is -0.130. The zero-order valence-corrected chi connectivity index (χ0v) is 31.7. The summed E-state index contributed by atoms with van der Waals surface area (Å²) in [6, 6.07) is -0.823. The van der Waals surface area contributed by atoms with E-state index in [-0.39, 0.29) is 58.1 Å². The van der Waals surface area contributed by atoms with Gasteiger partial charge in [0.15, 0.2) is 0 Å². The number of carbonyl (C=O) groups excluding carboxylic acids is 4. The Morgan fingerprint density at radius 2 is 1.02 bits per heavy atom. The van der Waals surface area contributed by atoms with Gasteiger partial charge in [0.25, 0.3) is 0 Å². The molecule has 11 nitrogen and oxygen atoms in total. The summed E-state index contributed by atoms with van der Waals surface area (Å²) in [6.45, 7) is 24.1. The van der Waals surface area contributed by atoms with Gasteiger partial charge in [-0.1, -0.05) is 82.1 Å². The number of hydrogen-bond donors (Lipinski definition) is 4. The quantitative estimate of drug-likeness (QED) is 0.0923. The highest BCUT2D eigenvalue weighted by Gasteiger charge is 2.28. The fourth-order valence-electron chi connectivity index (χ4n) is 4.67. The Balaban J connectivity index is 5.01. The molecule has 0 saturated heterocycles. The summed E-state index contributed by atoms with van der Waals surface area (Å²) in [5.41, 5.74) is -0.997. The third-order valence-electron chi connectivity index (χ3n) is 7.57. The summed E-state index contributed by atoms with van der Waals surface area (Å²) in [7, 11) is 1.67. The van der Waals surface area contributed by atoms with Crippen LogP contribution in [0, 0.1) is 21.7 Å². The van der Waals surface area contributed by atoms with Crippen LogP contribution in [0.3, 0.4) is 0 Å². The fourth-order valence-corrected chi connectivity index (χ4v) is 4.67. The van der Waals surface area contributed by atoms with Crippen molar-refractivity contribution >= 4 is 23.6 Å². The number of carbonyl (C=O) groups is 4. The van der Waals surface area contributed by atoms with Crippen molar-refractivity contribution in [1.82, 2.24) is 21.3 Å². The number of rotatable bonds is 27. The second-order valence-electron chi connectivity index (χ2n) is 16.2. The molecule has 276 valence electrons. The molecule has 0 bridgehead atoms. The van der Waals surface area contributed by atoms with E-state index in [1.807, 2.05) is 48.5 Å². The predicted octanol–water partition coefficient (Wildman–Crippen LogP) is 4.76. The highest BCUT2D eigenvalue weighted by molar-refractivity contribution is 5.88. The molecule has 11 heteroatoms. The second kappa shape index (κ2) is 22.4. The Kier molecular flexibility index (Phi) is 21.3. The fraction of sp³-hybridized carbons (Fsp3) is 0.889. The van der Waals surface area contributed by atoms with Crippen molar-refractivity contribution in [3.05, 3.63) is 0 Å². The van der Waals surface area contributed by atoms with E-state index in [0.717, 1.165) is 25.7 Å². The van der Waals surface area contributed by atoms with Crippen molar-refractivity contribution in [2.75, 3.05) is 59.8 Å². The number of unbranched alkanes of at least 4 members (excludes halogenated alkanes) is 2.